The second kappa shape index (κ2) is 6.52. The highest BCUT2D eigenvalue weighted by molar-refractivity contribution is 14.1. The van der Waals surface area contributed by atoms with Gasteiger partial charge in [0.15, 0.2) is 0 Å². The van der Waals surface area contributed by atoms with Crippen LogP contribution >= 0.6 is 34.2 Å². The van der Waals surface area contributed by atoms with Crippen LogP contribution < -0.4 is 4.90 Å². The molecule has 1 aliphatic rings. The molecule has 0 fully saturated rings. The molecule has 0 saturated heterocycles. The molecule has 2 aromatic carbocycles. The van der Waals surface area contributed by atoms with Gasteiger partial charge in [0.05, 0.1) is 16.2 Å². The van der Waals surface area contributed by atoms with E-state index in [1.165, 1.54) is 14.7 Å². The Labute approximate surface area is 162 Å². The van der Waals surface area contributed by atoms with E-state index in [0.717, 1.165) is 22.0 Å². The van der Waals surface area contributed by atoms with Gasteiger partial charge < -0.3 is 4.90 Å². The van der Waals surface area contributed by atoms with Crippen molar-refractivity contribution in [2.75, 3.05) is 11.9 Å². The summed E-state index contributed by atoms with van der Waals surface area (Å²) in [6.07, 6.45) is 4.14. The molecule has 2 nitrogen and oxygen atoms in total. The lowest BCUT2D eigenvalue weighted by atomic mass is 9.88. The second-order valence-electron chi connectivity index (χ2n) is 6.67. The van der Waals surface area contributed by atoms with Crippen LogP contribution in [0.15, 0.2) is 47.5 Å². The maximum atomic E-state index is 6.53. The largest absolute Gasteiger partial charge is 0.365 e. The lowest BCUT2D eigenvalue weighted by Crippen LogP contribution is -2.42. The van der Waals surface area contributed by atoms with E-state index < -0.39 is 0 Å². The van der Waals surface area contributed by atoms with Crippen molar-refractivity contribution in [3.63, 3.8) is 0 Å². The zero-order valence-corrected chi connectivity index (χ0v) is 17.2. The first-order valence-electron chi connectivity index (χ1n) is 7.85. The number of nitrogens with zero attached hydrogens (tertiary/aromatic N) is 2. The van der Waals surface area contributed by atoms with Crippen LogP contribution in [-0.2, 0) is 0 Å². The van der Waals surface area contributed by atoms with Gasteiger partial charge in [-0.05, 0) is 79.3 Å². The van der Waals surface area contributed by atoms with Crippen molar-refractivity contribution in [1.82, 2.24) is 0 Å². The van der Waals surface area contributed by atoms with Crippen molar-refractivity contribution >= 4 is 57.4 Å². The van der Waals surface area contributed by atoms with Crippen LogP contribution in [0.5, 0.6) is 0 Å². The zero-order valence-electron chi connectivity index (χ0n) is 14.3. The summed E-state index contributed by atoms with van der Waals surface area (Å²) in [6, 6.07) is 12.3. The number of rotatable bonds is 2. The van der Waals surface area contributed by atoms with Gasteiger partial charge in [0, 0.05) is 33.6 Å². The molecule has 0 radical (unpaired) electrons. The lowest BCUT2D eigenvalue weighted by molar-refractivity contribution is 0.598. The van der Waals surface area contributed by atoms with E-state index in [9.17, 15) is 0 Å². The van der Waals surface area contributed by atoms with Crippen LogP contribution in [0.3, 0.4) is 0 Å². The number of likely N-dealkylation sites (N-methyl/N-ethyl adjacent to an activating group) is 1. The molecule has 24 heavy (non-hydrogen) atoms. The minimum absolute atomic E-state index is 0.0171. The lowest BCUT2D eigenvalue weighted by Gasteiger charge is -2.40. The summed E-state index contributed by atoms with van der Waals surface area (Å²) in [5, 5.41) is 0.723. The average Bonchev–Trinajstić information content (AvgIpc) is 2.51. The van der Waals surface area contributed by atoms with E-state index in [-0.39, 0.29) is 5.54 Å². The quantitative estimate of drug-likeness (QED) is 0.386. The minimum atomic E-state index is -0.0171. The predicted molar refractivity (Wildman–Crippen MR) is 114 cm³/mol. The molecule has 0 spiro atoms. The number of halogens is 2. The van der Waals surface area contributed by atoms with Gasteiger partial charge in [-0.1, -0.05) is 23.7 Å². The minimum Gasteiger partial charge on any atom is -0.365 e. The SMILES string of the molecule is CC1=CC(C)(C)N(C)c2cc(Cl)c(C=Nc3cccc(I)c3)cc21. The molecule has 1 heterocycles. The highest BCUT2D eigenvalue weighted by atomic mass is 127. The number of hydrogen-bond acceptors (Lipinski definition) is 2. The molecule has 4 heteroatoms. The highest BCUT2D eigenvalue weighted by Gasteiger charge is 2.28. The fourth-order valence-corrected chi connectivity index (χ4v) is 3.72. The van der Waals surface area contributed by atoms with E-state index in [1.807, 2.05) is 30.5 Å². The molecule has 1 aliphatic heterocycles. The zero-order chi connectivity index (χ0) is 17.5. The summed E-state index contributed by atoms with van der Waals surface area (Å²) in [5.41, 5.74) is 5.50. The molecule has 0 unspecified atom stereocenters. The normalized spacial score (nSPS) is 16.2. The summed E-state index contributed by atoms with van der Waals surface area (Å²) in [4.78, 5) is 6.84. The van der Waals surface area contributed by atoms with Gasteiger partial charge in [-0.15, -0.1) is 0 Å². The van der Waals surface area contributed by atoms with Gasteiger partial charge >= 0.3 is 0 Å². The van der Waals surface area contributed by atoms with Crippen molar-refractivity contribution in [3.05, 3.63) is 62.2 Å². The number of aliphatic imine (C=N–C) groups is 1. The molecule has 0 aliphatic carbocycles. The first kappa shape index (κ1) is 17.5. The Morgan fingerprint density at radius 3 is 2.67 bits per heavy atom. The third-order valence-electron chi connectivity index (χ3n) is 4.50. The Hall–Kier alpha value is -1.33. The van der Waals surface area contributed by atoms with Crippen molar-refractivity contribution in [1.29, 1.82) is 0 Å². The van der Waals surface area contributed by atoms with Gasteiger partial charge in [-0.3, -0.25) is 4.99 Å². The fourth-order valence-electron chi connectivity index (χ4n) is 2.99. The number of allylic oxidation sites excluding steroid dienone is 1. The third kappa shape index (κ3) is 3.38. The monoisotopic (exact) mass is 450 g/mol. The van der Waals surface area contributed by atoms with E-state index in [0.29, 0.717) is 0 Å². The Balaban J connectivity index is 2.02. The van der Waals surface area contributed by atoms with E-state index in [2.05, 4.69) is 78.5 Å². The Kier molecular flexibility index (Phi) is 4.76. The highest BCUT2D eigenvalue weighted by Crippen LogP contribution is 2.40. The summed E-state index contributed by atoms with van der Waals surface area (Å²) in [6.45, 7) is 6.57. The number of hydrogen-bond donors (Lipinski definition) is 0. The van der Waals surface area contributed by atoms with Gasteiger partial charge in [0.25, 0.3) is 0 Å². The Morgan fingerprint density at radius 1 is 1.21 bits per heavy atom. The molecular formula is C20H20ClIN2. The number of benzene rings is 2. The van der Waals surface area contributed by atoms with Crippen molar-refractivity contribution in [2.24, 2.45) is 4.99 Å². The van der Waals surface area contributed by atoms with Gasteiger partial charge in [0.2, 0.25) is 0 Å². The number of anilines is 1. The fraction of sp³-hybridized carbons (Fsp3) is 0.250. The van der Waals surface area contributed by atoms with Gasteiger partial charge in [-0.2, -0.15) is 0 Å². The van der Waals surface area contributed by atoms with Crippen molar-refractivity contribution in [3.8, 4) is 0 Å². The molecule has 0 aromatic heterocycles. The third-order valence-corrected chi connectivity index (χ3v) is 5.49. The topological polar surface area (TPSA) is 15.6 Å². The van der Waals surface area contributed by atoms with Crippen LogP contribution in [0, 0.1) is 3.57 Å². The van der Waals surface area contributed by atoms with Crippen LogP contribution in [0.4, 0.5) is 11.4 Å². The Morgan fingerprint density at radius 2 is 1.96 bits per heavy atom. The van der Waals surface area contributed by atoms with Crippen LogP contribution in [0.2, 0.25) is 5.02 Å². The van der Waals surface area contributed by atoms with E-state index in [1.54, 1.807) is 0 Å². The van der Waals surface area contributed by atoms with Crippen LogP contribution in [0.1, 0.15) is 31.9 Å². The van der Waals surface area contributed by atoms with Crippen molar-refractivity contribution < 1.29 is 0 Å². The molecular weight excluding hydrogens is 431 g/mol. The Bertz CT molecular complexity index is 853. The first-order chi connectivity index (χ1) is 11.3. The summed E-state index contributed by atoms with van der Waals surface area (Å²) >= 11 is 8.82. The van der Waals surface area contributed by atoms with Crippen LogP contribution in [0.25, 0.3) is 5.57 Å². The molecule has 0 N–H and O–H groups in total. The maximum absolute atomic E-state index is 6.53. The molecule has 0 amide bonds. The summed E-state index contributed by atoms with van der Waals surface area (Å²) < 4.78 is 1.17. The molecule has 3 rings (SSSR count). The number of fused-ring (bicyclic) bond motifs is 1. The van der Waals surface area contributed by atoms with E-state index in [4.69, 9.17) is 11.6 Å². The van der Waals surface area contributed by atoms with E-state index >= 15 is 0 Å². The maximum Gasteiger partial charge on any atom is 0.0640 e. The smallest absolute Gasteiger partial charge is 0.0640 e. The predicted octanol–water partition coefficient (Wildman–Crippen LogP) is 6.33. The summed E-state index contributed by atoms with van der Waals surface area (Å²) in [5.74, 6) is 0. The molecule has 0 atom stereocenters. The van der Waals surface area contributed by atoms with Crippen molar-refractivity contribution in [2.45, 2.75) is 26.3 Å². The van der Waals surface area contributed by atoms with Gasteiger partial charge in [-0.25, -0.2) is 0 Å². The summed E-state index contributed by atoms with van der Waals surface area (Å²) in [7, 11) is 2.11. The molecule has 0 bridgehead atoms. The van der Waals surface area contributed by atoms with Crippen LogP contribution in [-0.4, -0.2) is 18.8 Å². The first-order valence-corrected chi connectivity index (χ1v) is 9.30. The second-order valence-corrected chi connectivity index (χ2v) is 8.32. The molecule has 0 saturated carbocycles. The molecule has 2 aromatic rings. The standard InChI is InChI=1S/C20H20ClIN2/c1-13-11-20(2,3)24(4)19-10-18(21)14(8-17(13)19)12-23-16-7-5-6-15(22)9-16/h5-12H,1-4H3. The average molecular weight is 451 g/mol. The van der Waals surface area contributed by atoms with Gasteiger partial charge in [0.1, 0.15) is 0 Å². The molecule has 124 valence electrons.